The van der Waals surface area contributed by atoms with Gasteiger partial charge in [-0.25, -0.2) is 0 Å². The molecule has 0 aromatic heterocycles. The average molecular weight is 335 g/mol. The van der Waals surface area contributed by atoms with Crippen LogP contribution in [-0.2, 0) is 9.53 Å². The molecule has 0 bridgehead atoms. The molecule has 1 saturated heterocycles. The zero-order valence-corrected chi connectivity index (χ0v) is 13.2. The molecule has 0 radical (unpaired) electrons. The number of nitrogen functional groups attached to an aromatic ring is 1. The van der Waals surface area contributed by atoms with Crippen molar-refractivity contribution in [3.05, 3.63) is 22.2 Å². The molecule has 1 amide bonds. The lowest BCUT2D eigenvalue weighted by molar-refractivity contribution is -0.113. The predicted octanol–water partition coefficient (Wildman–Crippen LogP) is 3.43. The molecular weight excluding hydrogens is 319 g/mol. The van der Waals surface area contributed by atoms with Crippen LogP contribution < -0.4 is 11.1 Å². The molecular formula is C13H16Cl2N2O2S. The maximum atomic E-state index is 11.9. The van der Waals surface area contributed by atoms with Gasteiger partial charge in [-0.1, -0.05) is 23.2 Å². The Balaban J connectivity index is 1.82. The fourth-order valence-corrected chi connectivity index (χ4v) is 3.45. The van der Waals surface area contributed by atoms with Gasteiger partial charge in [0.1, 0.15) is 0 Å². The van der Waals surface area contributed by atoms with Crippen LogP contribution in [0.25, 0.3) is 0 Å². The second-order valence-electron chi connectivity index (χ2n) is 4.56. The number of benzene rings is 1. The third-order valence-corrected chi connectivity index (χ3v) is 4.56. The van der Waals surface area contributed by atoms with Gasteiger partial charge in [0.2, 0.25) is 5.91 Å². The molecule has 110 valence electrons. The van der Waals surface area contributed by atoms with E-state index in [-0.39, 0.29) is 12.0 Å². The number of carbonyl (C=O) groups is 1. The number of hydrogen-bond acceptors (Lipinski definition) is 4. The summed E-state index contributed by atoms with van der Waals surface area (Å²) in [4.78, 5) is 11.9. The lowest BCUT2D eigenvalue weighted by Gasteiger charge is -2.11. The number of nitrogens with two attached hydrogens (primary N) is 1. The van der Waals surface area contributed by atoms with E-state index in [1.807, 2.05) is 0 Å². The van der Waals surface area contributed by atoms with E-state index in [1.54, 1.807) is 23.9 Å². The highest BCUT2D eigenvalue weighted by molar-refractivity contribution is 8.00. The third kappa shape index (κ3) is 4.45. The number of hydrogen-bond donors (Lipinski definition) is 2. The number of ether oxygens (including phenoxy) is 1. The van der Waals surface area contributed by atoms with Gasteiger partial charge >= 0.3 is 0 Å². The van der Waals surface area contributed by atoms with Crippen LogP contribution in [-0.4, -0.2) is 30.1 Å². The summed E-state index contributed by atoms with van der Waals surface area (Å²) in [6.07, 6.45) is 2.45. The summed E-state index contributed by atoms with van der Waals surface area (Å²) >= 11 is 13.6. The Hall–Kier alpha value is -0.620. The van der Waals surface area contributed by atoms with E-state index < -0.39 is 0 Å². The van der Waals surface area contributed by atoms with Crippen molar-refractivity contribution in [1.82, 2.24) is 0 Å². The van der Waals surface area contributed by atoms with Gasteiger partial charge in [-0.2, -0.15) is 0 Å². The predicted molar refractivity (Wildman–Crippen MR) is 85.8 cm³/mol. The van der Waals surface area contributed by atoms with Crippen LogP contribution >= 0.6 is 35.0 Å². The van der Waals surface area contributed by atoms with Crippen LogP contribution in [0.1, 0.15) is 12.8 Å². The normalized spacial score (nSPS) is 18.2. The van der Waals surface area contributed by atoms with Crippen LogP contribution in [0.3, 0.4) is 0 Å². The van der Waals surface area contributed by atoms with Crippen molar-refractivity contribution in [1.29, 1.82) is 0 Å². The summed E-state index contributed by atoms with van der Waals surface area (Å²) in [7, 11) is 0. The summed E-state index contributed by atoms with van der Waals surface area (Å²) in [5.41, 5.74) is 6.48. The summed E-state index contributed by atoms with van der Waals surface area (Å²) in [5, 5.41) is 3.39. The standard InChI is InChI=1S/C13H16Cl2N2O2S/c14-10-4-8(16)5-11(15)13(10)17-12(18)7-20-6-9-2-1-3-19-9/h4-5,9H,1-3,6-7,16H2,(H,17,18). The number of nitrogens with one attached hydrogen (secondary N) is 1. The minimum atomic E-state index is -0.137. The minimum Gasteiger partial charge on any atom is -0.399 e. The van der Waals surface area contributed by atoms with Crippen molar-refractivity contribution in [3.8, 4) is 0 Å². The van der Waals surface area contributed by atoms with E-state index in [9.17, 15) is 4.79 Å². The van der Waals surface area contributed by atoms with Gasteiger partial charge < -0.3 is 15.8 Å². The van der Waals surface area contributed by atoms with Crippen molar-refractivity contribution < 1.29 is 9.53 Å². The monoisotopic (exact) mass is 334 g/mol. The van der Waals surface area contributed by atoms with E-state index in [0.29, 0.717) is 27.2 Å². The summed E-state index contributed by atoms with van der Waals surface area (Å²) in [6, 6.07) is 3.12. The zero-order valence-electron chi connectivity index (χ0n) is 10.8. The van der Waals surface area contributed by atoms with Crippen molar-refractivity contribution in [2.45, 2.75) is 18.9 Å². The van der Waals surface area contributed by atoms with E-state index in [0.717, 1.165) is 25.2 Å². The number of carbonyl (C=O) groups excluding carboxylic acids is 1. The summed E-state index contributed by atoms with van der Waals surface area (Å²) < 4.78 is 5.50. The fourth-order valence-electron chi connectivity index (χ4n) is 1.95. The lowest BCUT2D eigenvalue weighted by atomic mass is 10.3. The molecule has 0 saturated carbocycles. The van der Waals surface area contributed by atoms with Gasteiger partial charge in [0.25, 0.3) is 0 Å². The molecule has 1 atom stereocenters. The van der Waals surface area contributed by atoms with Crippen LogP contribution in [0.5, 0.6) is 0 Å². The first-order valence-electron chi connectivity index (χ1n) is 6.30. The van der Waals surface area contributed by atoms with Crippen molar-refractivity contribution in [2.24, 2.45) is 0 Å². The Labute approximate surface area is 132 Å². The molecule has 1 aliphatic heterocycles. The van der Waals surface area contributed by atoms with Crippen molar-refractivity contribution in [3.63, 3.8) is 0 Å². The van der Waals surface area contributed by atoms with Gasteiger partial charge in [-0.3, -0.25) is 4.79 Å². The number of thioether (sulfide) groups is 1. The Bertz CT molecular complexity index is 470. The Morgan fingerprint density at radius 3 is 2.75 bits per heavy atom. The number of anilines is 2. The highest BCUT2D eigenvalue weighted by atomic mass is 35.5. The SMILES string of the molecule is Nc1cc(Cl)c(NC(=O)CSCC2CCCO2)c(Cl)c1. The first kappa shape index (κ1) is 15.8. The molecule has 1 aromatic carbocycles. The van der Waals surface area contributed by atoms with E-state index in [1.165, 1.54) is 0 Å². The van der Waals surface area contributed by atoms with Crippen LogP contribution in [0, 0.1) is 0 Å². The van der Waals surface area contributed by atoms with Crippen molar-refractivity contribution in [2.75, 3.05) is 29.2 Å². The maximum absolute atomic E-state index is 11.9. The molecule has 1 aliphatic rings. The van der Waals surface area contributed by atoms with Gasteiger partial charge in [-0.15, -0.1) is 11.8 Å². The minimum absolute atomic E-state index is 0.137. The second-order valence-corrected chi connectivity index (χ2v) is 6.40. The molecule has 0 aliphatic carbocycles. The van der Waals surface area contributed by atoms with Gasteiger partial charge in [0.15, 0.2) is 0 Å². The Morgan fingerprint density at radius 1 is 1.45 bits per heavy atom. The topological polar surface area (TPSA) is 64.3 Å². The van der Waals surface area contributed by atoms with Crippen LogP contribution in [0.2, 0.25) is 10.0 Å². The Kier molecular flexibility index (Phi) is 5.84. The quantitative estimate of drug-likeness (QED) is 0.809. The maximum Gasteiger partial charge on any atom is 0.234 e. The number of amides is 1. The van der Waals surface area contributed by atoms with Crippen LogP contribution in [0.15, 0.2) is 12.1 Å². The zero-order chi connectivity index (χ0) is 14.5. The molecule has 2 rings (SSSR count). The fraction of sp³-hybridized carbons (Fsp3) is 0.462. The molecule has 1 aromatic rings. The van der Waals surface area contributed by atoms with Gasteiger partial charge in [0.05, 0.1) is 27.6 Å². The smallest absolute Gasteiger partial charge is 0.234 e. The third-order valence-electron chi connectivity index (χ3n) is 2.89. The molecule has 4 nitrogen and oxygen atoms in total. The molecule has 3 N–H and O–H groups in total. The first-order valence-corrected chi connectivity index (χ1v) is 8.21. The van der Waals surface area contributed by atoms with E-state index in [2.05, 4.69) is 5.32 Å². The molecule has 20 heavy (non-hydrogen) atoms. The highest BCUT2D eigenvalue weighted by Crippen LogP contribution is 2.32. The summed E-state index contributed by atoms with van der Waals surface area (Å²) in [6.45, 7) is 0.827. The van der Waals surface area contributed by atoms with Gasteiger partial charge in [0, 0.05) is 18.0 Å². The average Bonchev–Trinajstić information content (AvgIpc) is 2.87. The van der Waals surface area contributed by atoms with E-state index >= 15 is 0 Å². The number of rotatable bonds is 5. The molecule has 1 unspecified atom stereocenters. The largest absolute Gasteiger partial charge is 0.399 e. The molecule has 1 heterocycles. The molecule has 0 spiro atoms. The Morgan fingerprint density at radius 2 is 2.15 bits per heavy atom. The number of halogens is 2. The second kappa shape index (κ2) is 7.41. The van der Waals surface area contributed by atoms with Gasteiger partial charge in [-0.05, 0) is 25.0 Å². The summed E-state index contributed by atoms with van der Waals surface area (Å²) in [5.74, 6) is 1.04. The van der Waals surface area contributed by atoms with Crippen molar-refractivity contribution >= 4 is 52.2 Å². The first-order chi connectivity index (χ1) is 9.56. The lowest BCUT2D eigenvalue weighted by Crippen LogP contribution is -2.17. The van der Waals surface area contributed by atoms with Crippen LogP contribution in [0.4, 0.5) is 11.4 Å². The molecule has 7 heteroatoms. The van der Waals surface area contributed by atoms with E-state index in [4.69, 9.17) is 33.7 Å². The molecule has 1 fully saturated rings. The highest BCUT2D eigenvalue weighted by Gasteiger charge is 2.16.